The predicted molar refractivity (Wildman–Crippen MR) is 46.1 cm³/mol. The molecule has 1 nitrogen and oxygen atoms in total. The molecule has 0 saturated carbocycles. The lowest BCUT2D eigenvalue weighted by Crippen LogP contribution is -1.58. The van der Waals surface area contributed by atoms with Crippen molar-refractivity contribution in [3.05, 3.63) is 16.3 Å². The van der Waals surface area contributed by atoms with E-state index in [1.165, 1.54) is 4.01 Å². The maximum absolute atomic E-state index is 9.40. The molecule has 0 unspecified atom stereocenters. The summed E-state index contributed by atoms with van der Waals surface area (Å²) in [6.45, 7) is 1.94. The summed E-state index contributed by atoms with van der Waals surface area (Å²) >= 11 is 3.33. The molecular weight excluding hydrogens is 164 g/mol. The van der Waals surface area contributed by atoms with Crippen LogP contribution in [0.3, 0.4) is 0 Å². The van der Waals surface area contributed by atoms with Gasteiger partial charge >= 0.3 is 0 Å². The van der Waals surface area contributed by atoms with Crippen LogP contribution in [0, 0.1) is 6.92 Å². The van der Waals surface area contributed by atoms with E-state index in [2.05, 4.69) is 0 Å². The molecule has 10 heavy (non-hydrogen) atoms. The van der Waals surface area contributed by atoms with E-state index < -0.39 is 0 Å². The number of hydrogen-bond donors (Lipinski definition) is 1. The molecule has 0 saturated heterocycles. The summed E-state index contributed by atoms with van der Waals surface area (Å²) in [7, 11) is 0. The zero-order chi connectivity index (χ0) is 7.14. The maximum Gasteiger partial charge on any atom is 0.137 e. The van der Waals surface area contributed by atoms with Crippen molar-refractivity contribution in [1.29, 1.82) is 0 Å². The molecule has 2 aromatic heterocycles. The molecule has 0 fully saturated rings. The molecule has 1 N–H and O–H groups in total. The van der Waals surface area contributed by atoms with Crippen LogP contribution in [-0.2, 0) is 0 Å². The average Bonchev–Trinajstić information content (AvgIpc) is 2.41. The highest BCUT2D eigenvalue weighted by atomic mass is 32.2. The topological polar surface area (TPSA) is 20.2 Å². The van der Waals surface area contributed by atoms with Gasteiger partial charge in [-0.1, -0.05) is 0 Å². The third-order valence-corrected chi connectivity index (χ3v) is 3.61. The van der Waals surface area contributed by atoms with E-state index in [0.29, 0.717) is 5.75 Å². The summed E-state index contributed by atoms with van der Waals surface area (Å²) in [4.78, 5) is 1.02. The van der Waals surface area contributed by atoms with E-state index >= 15 is 0 Å². The van der Waals surface area contributed by atoms with Crippen LogP contribution in [0.1, 0.15) is 4.88 Å². The molecular formula is C7H6OS2. The normalized spacial score (nSPS) is 10.9. The Morgan fingerprint density at radius 3 is 3.00 bits per heavy atom. The van der Waals surface area contributed by atoms with Crippen molar-refractivity contribution >= 4 is 32.1 Å². The summed E-state index contributed by atoms with van der Waals surface area (Å²) in [6.07, 6.45) is 0. The Hall–Kier alpha value is -0.540. The van der Waals surface area contributed by atoms with Gasteiger partial charge in [0.2, 0.25) is 0 Å². The molecule has 0 aliphatic carbocycles. The third-order valence-electron chi connectivity index (χ3n) is 1.46. The number of aromatic hydroxyl groups is 1. The molecule has 2 aromatic rings. The van der Waals surface area contributed by atoms with Crippen LogP contribution >= 0.6 is 22.7 Å². The van der Waals surface area contributed by atoms with Crippen molar-refractivity contribution in [1.82, 2.24) is 0 Å². The van der Waals surface area contributed by atoms with Crippen molar-refractivity contribution in [3.8, 4) is 5.75 Å². The first kappa shape index (κ1) is 6.19. The molecule has 0 radical (unpaired) electrons. The molecule has 0 amide bonds. The minimum absolute atomic E-state index is 0.459. The van der Waals surface area contributed by atoms with Crippen molar-refractivity contribution in [3.63, 3.8) is 0 Å². The largest absolute Gasteiger partial charge is 0.506 e. The van der Waals surface area contributed by atoms with Crippen LogP contribution in [0.25, 0.3) is 9.40 Å². The lowest BCUT2D eigenvalue weighted by molar-refractivity contribution is 0.480. The Labute approximate surface area is 66.6 Å². The van der Waals surface area contributed by atoms with Crippen LogP contribution in [0.2, 0.25) is 0 Å². The van der Waals surface area contributed by atoms with Gasteiger partial charge < -0.3 is 5.11 Å². The van der Waals surface area contributed by atoms with Gasteiger partial charge in [0, 0.05) is 10.3 Å². The summed E-state index contributed by atoms with van der Waals surface area (Å²) in [6, 6.07) is 1.96. The Morgan fingerprint density at radius 2 is 2.30 bits per heavy atom. The number of hydrogen-bond acceptors (Lipinski definition) is 3. The fourth-order valence-electron chi connectivity index (χ4n) is 0.927. The van der Waals surface area contributed by atoms with Crippen molar-refractivity contribution in [2.24, 2.45) is 0 Å². The molecule has 52 valence electrons. The monoisotopic (exact) mass is 170 g/mol. The van der Waals surface area contributed by atoms with Crippen LogP contribution in [-0.4, -0.2) is 5.11 Å². The predicted octanol–water partition coefficient (Wildman–Crippen LogP) is 2.98. The van der Waals surface area contributed by atoms with Gasteiger partial charge in [-0.3, -0.25) is 0 Å². The molecule has 0 spiro atoms. The smallest absolute Gasteiger partial charge is 0.137 e. The van der Waals surface area contributed by atoms with Gasteiger partial charge in [0.15, 0.2) is 0 Å². The lowest BCUT2D eigenvalue weighted by Gasteiger charge is -1.83. The van der Waals surface area contributed by atoms with Gasteiger partial charge in [0.1, 0.15) is 5.75 Å². The minimum atomic E-state index is 0.459. The Morgan fingerprint density at radius 1 is 1.50 bits per heavy atom. The molecule has 0 aromatic carbocycles. The highest BCUT2D eigenvalue weighted by molar-refractivity contribution is 7.37. The molecule has 0 atom stereocenters. The average molecular weight is 170 g/mol. The van der Waals surface area contributed by atoms with E-state index in [9.17, 15) is 5.11 Å². The van der Waals surface area contributed by atoms with Gasteiger partial charge in [0.05, 0.1) is 4.01 Å². The number of fused-ring (bicyclic) bond motifs is 1. The molecule has 2 heterocycles. The Balaban J connectivity index is 2.95. The summed E-state index contributed by atoms with van der Waals surface area (Å²) < 4.78 is 1.22. The van der Waals surface area contributed by atoms with Crippen molar-refractivity contribution < 1.29 is 5.11 Å². The zero-order valence-electron chi connectivity index (χ0n) is 5.42. The van der Waals surface area contributed by atoms with Gasteiger partial charge in [0.25, 0.3) is 0 Å². The SMILES string of the molecule is Cc1sc2sccc2c1O. The van der Waals surface area contributed by atoms with E-state index in [4.69, 9.17) is 0 Å². The first-order valence-electron chi connectivity index (χ1n) is 2.94. The van der Waals surface area contributed by atoms with Crippen LogP contribution in [0.5, 0.6) is 5.75 Å². The van der Waals surface area contributed by atoms with E-state index in [1.54, 1.807) is 22.7 Å². The van der Waals surface area contributed by atoms with E-state index in [-0.39, 0.29) is 0 Å². The second-order valence-corrected chi connectivity index (χ2v) is 4.53. The maximum atomic E-state index is 9.40. The number of thiophene rings is 2. The Kier molecular flexibility index (Phi) is 1.22. The Bertz CT molecular complexity index is 358. The number of rotatable bonds is 0. The van der Waals surface area contributed by atoms with Gasteiger partial charge in [-0.25, -0.2) is 0 Å². The molecule has 0 aliphatic rings. The van der Waals surface area contributed by atoms with Crippen molar-refractivity contribution in [2.45, 2.75) is 6.92 Å². The van der Waals surface area contributed by atoms with E-state index in [1.807, 2.05) is 18.4 Å². The van der Waals surface area contributed by atoms with Crippen LogP contribution in [0.4, 0.5) is 0 Å². The second kappa shape index (κ2) is 1.97. The fraction of sp³-hybridized carbons (Fsp3) is 0.143. The third kappa shape index (κ3) is 0.676. The van der Waals surface area contributed by atoms with Gasteiger partial charge in [-0.2, -0.15) is 0 Å². The van der Waals surface area contributed by atoms with Crippen LogP contribution < -0.4 is 0 Å². The standard InChI is InChI=1S/C7H6OS2/c1-4-6(8)5-2-3-9-7(5)10-4/h2-3,8H,1H3. The highest BCUT2D eigenvalue weighted by Gasteiger charge is 2.06. The molecule has 2 rings (SSSR count). The van der Waals surface area contributed by atoms with Gasteiger partial charge in [-0.05, 0) is 18.4 Å². The summed E-state index contributed by atoms with van der Waals surface area (Å²) in [5.74, 6) is 0.459. The van der Waals surface area contributed by atoms with Crippen LogP contribution in [0.15, 0.2) is 11.4 Å². The van der Waals surface area contributed by atoms with Gasteiger partial charge in [-0.15, -0.1) is 22.7 Å². The minimum Gasteiger partial charge on any atom is -0.506 e. The second-order valence-electron chi connectivity index (χ2n) is 2.13. The molecule has 3 heteroatoms. The number of aryl methyl sites for hydroxylation is 1. The molecule has 0 bridgehead atoms. The zero-order valence-corrected chi connectivity index (χ0v) is 7.05. The molecule has 0 aliphatic heterocycles. The van der Waals surface area contributed by atoms with Crippen molar-refractivity contribution in [2.75, 3.05) is 0 Å². The lowest BCUT2D eigenvalue weighted by atomic mass is 10.3. The highest BCUT2D eigenvalue weighted by Crippen LogP contribution is 2.38. The summed E-state index contributed by atoms with van der Waals surface area (Å²) in [5.41, 5.74) is 0. The first-order chi connectivity index (χ1) is 4.79. The fourth-order valence-corrected chi connectivity index (χ4v) is 3.04. The van der Waals surface area contributed by atoms with E-state index in [0.717, 1.165) is 10.3 Å². The first-order valence-corrected chi connectivity index (χ1v) is 4.64. The quantitative estimate of drug-likeness (QED) is 0.644. The summed E-state index contributed by atoms with van der Waals surface area (Å²) in [5, 5.41) is 12.4.